The van der Waals surface area contributed by atoms with E-state index in [2.05, 4.69) is 10.2 Å². The lowest BCUT2D eigenvalue weighted by molar-refractivity contribution is 0.0781. The summed E-state index contributed by atoms with van der Waals surface area (Å²) < 4.78 is 5.36. The van der Waals surface area contributed by atoms with Gasteiger partial charge < -0.3 is 10.1 Å². The highest BCUT2D eigenvalue weighted by Crippen LogP contribution is 2.29. The summed E-state index contributed by atoms with van der Waals surface area (Å²) in [5.74, 6) is 0.920. The first-order valence-electron chi connectivity index (χ1n) is 7.95. The van der Waals surface area contributed by atoms with Crippen molar-refractivity contribution >= 4 is 5.78 Å². The molecule has 2 heterocycles. The molecule has 1 N–H and O–H groups in total. The molecule has 0 aromatic heterocycles. The van der Waals surface area contributed by atoms with E-state index < -0.39 is 0 Å². The standard InChI is InChI=1S/C17H24N2O2/c1-21-16-7-3-2-5-14(16)17(20)15-6-4-12-19(15)13-8-10-18-11-9-13/h2-3,5,7,13,15,18H,4,6,8-12H2,1H3. The third-order valence-electron chi connectivity index (χ3n) is 4.75. The van der Waals surface area contributed by atoms with E-state index in [1.54, 1.807) is 7.11 Å². The van der Waals surface area contributed by atoms with Gasteiger partial charge in [0.2, 0.25) is 0 Å². The van der Waals surface area contributed by atoms with Crippen LogP contribution in [0.2, 0.25) is 0 Å². The zero-order valence-electron chi connectivity index (χ0n) is 12.7. The van der Waals surface area contributed by atoms with Crippen molar-refractivity contribution in [3.05, 3.63) is 29.8 Å². The van der Waals surface area contributed by atoms with Crippen LogP contribution in [0, 0.1) is 0 Å². The Labute approximate surface area is 126 Å². The minimum absolute atomic E-state index is 0.0319. The van der Waals surface area contributed by atoms with Crippen molar-refractivity contribution in [2.45, 2.75) is 37.8 Å². The van der Waals surface area contributed by atoms with Crippen molar-refractivity contribution in [2.75, 3.05) is 26.7 Å². The number of hydrogen-bond acceptors (Lipinski definition) is 4. The Bertz CT molecular complexity index is 497. The Morgan fingerprint density at radius 1 is 1.24 bits per heavy atom. The predicted molar refractivity (Wildman–Crippen MR) is 82.9 cm³/mol. The van der Waals surface area contributed by atoms with Gasteiger partial charge in [-0.15, -0.1) is 0 Å². The molecule has 4 heteroatoms. The molecule has 0 amide bonds. The van der Waals surface area contributed by atoms with Crippen LogP contribution in [0.1, 0.15) is 36.0 Å². The molecule has 0 spiro atoms. The van der Waals surface area contributed by atoms with Gasteiger partial charge in [-0.1, -0.05) is 12.1 Å². The number of rotatable bonds is 4. The lowest BCUT2D eigenvalue weighted by Gasteiger charge is -2.35. The molecule has 1 unspecified atom stereocenters. The number of nitrogens with zero attached hydrogens (tertiary/aromatic N) is 1. The summed E-state index contributed by atoms with van der Waals surface area (Å²) in [5.41, 5.74) is 0.728. The van der Waals surface area contributed by atoms with Crippen LogP contribution in [-0.2, 0) is 0 Å². The Hall–Kier alpha value is -1.39. The summed E-state index contributed by atoms with van der Waals surface area (Å²) in [5, 5.41) is 3.40. The molecular weight excluding hydrogens is 264 g/mol. The monoisotopic (exact) mass is 288 g/mol. The Kier molecular flexibility index (Phi) is 4.56. The van der Waals surface area contributed by atoms with Gasteiger partial charge in [-0.2, -0.15) is 0 Å². The molecule has 2 saturated heterocycles. The number of hydrogen-bond donors (Lipinski definition) is 1. The van der Waals surface area contributed by atoms with E-state index in [0.29, 0.717) is 11.8 Å². The van der Waals surface area contributed by atoms with Crippen molar-refractivity contribution in [3.63, 3.8) is 0 Å². The summed E-state index contributed by atoms with van der Waals surface area (Å²) in [6.07, 6.45) is 4.39. The third kappa shape index (κ3) is 2.97. The van der Waals surface area contributed by atoms with Crippen molar-refractivity contribution in [2.24, 2.45) is 0 Å². The van der Waals surface area contributed by atoms with Crippen molar-refractivity contribution in [1.82, 2.24) is 10.2 Å². The van der Waals surface area contributed by atoms with Crippen LogP contribution < -0.4 is 10.1 Å². The van der Waals surface area contributed by atoms with Gasteiger partial charge in [0.25, 0.3) is 0 Å². The highest BCUT2D eigenvalue weighted by atomic mass is 16.5. The van der Waals surface area contributed by atoms with Crippen LogP contribution in [0.5, 0.6) is 5.75 Å². The molecule has 0 radical (unpaired) electrons. The first kappa shape index (κ1) is 14.5. The van der Waals surface area contributed by atoms with Crippen LogP contribution in [0.3, 0.4) is 0 Å². The number of carbonyl (C=O) groups is 1. The Balaban J connectivity index is 1.79. The zero-order chi connectivity index (χ0) is 14.7. The number of piperidine rings is 1. The molecule has 4 nitrogen and oxygen atoms in total. The number of ether oxygens (including phenoxy) is 1. The van der Waals surface area contributed by atoms with Crippen molar-refractivity contribution < 1.29 is 9.53 Å². The number of para-hydroxylation sites is 1. The summed E-state index contributed by atoms with van der Waals surface area (Å²) in [6, 6.07) is 8.17. The molecule has 2 fully saturated rings. The second-order valence-corrected chi connectivity index (χ2v) is 5.94. The fraction of sp³-hybridized carbons (Fsp3) is 0.588. The molecule has 3 rings (SSSR count). The molecule has 1 aromatic rings. The quantitative estimate of drug-likeness (QED) is 0.862. The van der Waals surface area contributed by atoms with Gasteiger partial charge in [0, 0.05) is 6.04 Å². The van der Waals surface area contributed by atoms with Gasteiger partial charge in [0.05, 0.1) is 18.7 Å². The van der Waals surface area contributed by atoms with Gasteiger partial charge in [0.1, 0.15) is 5.75 Å². The number of benzene rings is 1. The minimum Gasteiger partial charge on any atom is -0.496 e. The summed E-state index contributed by atoms with van der Waals surface area (Å²) in [4.78, 5) is 15.4. The highest BCUT2D eigenvalue weighted by Gasteiger charge is 2.36. The van der Waals surface area contributed by atoms with E-state index in [0.717, 1.165) is 50.9 Å². The average molecular weight is 288 g/mol. The van der Waals surface area contributed by atoms with Gasteiger partial charge in [-0.05, 0) is 57.5 Å². The molecule has 2 aliphatic heterocycles. The molecular formula is C17H24N2O2. The van der Waals surface area contributed by atoms with Crippen LogP contribution in [-0.4, -0.2) is 49.5 Å². The largest absolute Gasteiger partial charge is 0.496 e. The third-order valence-corrected chi connectivity index (χ3v) is 4.75. The molecule has 2 aliphatic rings. The van der Waals surface area contributed by atoms with E-state index in [9.17, 15) is 4.79 Å². The SMILES string of the molecule is COc1ccccc1C(=O)C1CCCN1C1CCNCC1. The van der Waals surface area contributed by atoms with Gasteiger partial charge in [-0.3, -0.25) is 9.69 Å². The predicted octanol–water partition coefficient (Wildman–Crippen LogP) is 2.09. The molecule has 114 valence electrons. The number of carbonyl (C=O) groups excluding carboxylic acids is 1. The van der Waals surface area contributed by atoms with Crippen molar-refractivity contribution in [1.29, 1.82) is 0 Å². The smallest absolute Gasteiger partial charge is 0.183 e. The molecule has 0 saturated carbocycles. The van der Waals surface area contributed by atoms with Crippen LogP contribution in [0.4, 0.5) is 0 Å². The first-order valence-corrected chi connectivity index (χ1v) is 7.95. The normalized spacial score (nSPS) is 24.1. The lowest BCUT2D eigenvalue weighted by atomic mass is 9.98. The van der Waals surface area contributed by atoms with Crippen molar-refractivity contribution in [3.8, 4) is 5.75 Å². The lowest BCUT2D eigenvalue weighted by Crippen LogP contribution is -2.47. The number of Topliss-reactive ketones (excluding diaryl/α,β-unsaturated/α-hetero) is 1. The van der Waals surface area contributed by atoms with Crippen LogP contribution in [0.15, 0.2) is 24.3 Å². The summed E-state index contributed by atoms with van der Waals surface area (Å²) in [6.45, 7) is 3.18. The van der Waals surface area contributed by atoms with E-state index in [1.807, 2.05) is 24.3 Å². The second-order valence-electron chi connectivity index (χ2n) is 5.94. The molecule has 21 heavy (non-hydrogen) atoms. The van der Waals surface area contributed by atoms with Crippen LogP contribution >= 0.6 is 0 Å². The van der Waals surface area contributed by atoms with Gasteiger partial charge in [0.15, 0.2) is 5.78 Å². The maximum atomic E-state index is 12.9. The molecule has 0 bridgehead atoms. The fourth-order valence-electron chi connectivity index (χ4n) is 3.67. The van der Waals surface area contributed by atoms with Gasteiger partial charge >= 0.3 is 0 Å². The van der Waals surface area contributed by atoms with E-state index >= 15 is 0 Å². The van der Waals surface area contributed by atoms with E-state index in [1.165, 1.54) is 0 Å². The number of methoxy groups -OCH3 is 1. The zero-order valence-corrected chi connectivity index (χ0v) is 12.7. The molecule has 1 atom stereocenters. The Morgan fingerprint density at radius 3 is 2.76 bits per heavy atom. The van der Waals surface area contributed by atoms with Gasteiger partial charge in [-0.25, -0.2) is 0 Å². The maximum absolute atomic E-state index is 12.9. The summed E-state index contributed by atoms with van der Waals surface area (Å²) in [7, 11) is 1.63. The topological polar surface area (TPSA) is 41.6 Å². The Morgan fingerprint density at radius 2 is 2.00 bits per heavy atom. The fourth-order valence-corrected chi connectivity index (χ4v) is 3.67. The van der Waals surface area contributed by atoms with E-state index in [-0.39, 0.29) is 11.8 Å². The highest BCUT2D eigenvalue weighted by molar-refractivity contribution is 6.02. The maximum Gasteiger partial charge on any atom is 0.183 e. The second kappa shape index (κ2) is 6.58. The average Bonchev–Trinajstić information content (AvgIpc) is 3.04. The number of nitrogens with one attached hydrogen (secondary N) is 1. The summed E-state index contributed by atoms with van der Waals surface area (Å²) >= 11 is 0. The molecule has 0 aliphatic carbocycles. The van der Waals surface area contributed by atoms with Crippen LogP contribution in [0.25, 0.3) is 0 Å². The number of likely N-dealkylation sites (tertiary alicyclic amines) is 1. The first-order chi connectivity index (χ1) is 10.3. The molecule has 1 aromatic carbocycles. The number of ketones is 1. The van der Waals surface area contributed by atoms with E-state index in [4.69, 9.17) is 4.74 Å². The minimum atomic E-state index is 0.0319.